The average molecular weight is 289 g/mol. The van der Waals surface area contributed by atoms with Gasteiger partial charge in [0.25, 0.3) is 0 Å². The van der Waals surface area contributed by atoms with Crippen LogP contribution in [0.25, 0.3) is 0 Å². The fraction of sp³-hybridized carbons (Fsp3) is 0.100. The maximum absolute atomic E-state index is 6.02. The number of aryl methyl sites for hydroxylation is 2. The van der Waals surface area contributed by atoms with Gasteiger partial charge in [-0.25, -0.2) is 0 Å². The summed E-state index contributed by atoms with van der Waals surface area (Å²) in [7, 11) is 0. The highest BCUT2D eigenvalue weighted by atomic mass is 16.5. The zero-order chi connectivity index (χ0) is 15.4. The quantitative estimate of drug-likeness (QED) is 0.651. The van der Waals surface area contributed by atoms with Crippen LogP contribution in [-0.2, 0) is 0 Å². The summed E-state index contributed by atoms with van der Waals surface area (Å²) in [6.07, 6.45) is 0. The van der Waals surface area contributed by atoms with Crippen LogP contribution in [0.4, 0.5) is 11.4 Å². The molecule has 0 amide bonds. The van der Waals surface area contributed by atoms with Crippen molar-refractivity contribution in [3.63, 3.8) is 0 Å². The van der Waals surface area contributed by atoms with Crippen molar-refractivity contribution in [3.05, 3.63) is 83.9 Å². The zero-order valence-corrected chi connectivity index (χ0v) is 12.8. The van der Waals surface area contributed by atoms with Gasteiger partial charge in [0.05, 0.1) is 0 Å². The van der Waals surface area contributed by atoms with Crippen LogP contribution in [0.15, 0.2) is 72.8 Å². The molecule has 0 unspecified atom stereocenters. The van der Waals surface area contributed by atoms with Crippen LogP contribution in [0.5, 0.6) is 11.5 Å². The van der Waals surface area contributed by atoms with Gasteiger partial charge in [0, 0.05) is 11.4 Å². The van der Waals surface area contributed by atoms with Crippen molar-refractivity contribution in [3.8, 4) is 11.5 Å². The highest BCUT2D eigenvalue weighted by molar-refractivity contribution is 5.62. The molecular formula is C20H19NO. The van der Waals surface area contributed by atoms with Crippen LogP contribution in [0.2, 0.25) is 0 Å². The number of para-hydroxylation sites is 2. The lowest BCUT2D eigenvalue weighted by molar-refractivity contribution is 0.475. The van der Waals surface area contributed by atoms with Crippen molar-refractivity contribution in [2.24, 2.45) is 0 Å². The summed E-state index contributed by atoms with van der Waals surface area (Å²) in [6.45, 7) is 4.11. The summed E-state index contributed by atoms with van der Waals surface area (Å²) in [5.74, 6) is 1.78. The predicted molar refractivity (Wildman–Crippen MR) is 92.2 cm³/mol. The van der Waals surface area contributed by atoms with E-state index in [4.69, 9.17) is 4.74 Å². The largest absolute Gasteiger partial charge is 0.457 e. The van der Waals surface area contributed by atoms with Crippen LogP contribution in [0, 0.1) is 13.8 Å². The van der Waals surface area contributed by atoms with E-state index >= 15 is 0 Å². The van der Waals surface area contributed by atoms with Gasteiger partial charge in [-0.15, -0.1) is 0 Å². The Morgan fingerprint density at radius 3 is 2.05 bits per heavy atom. The zero-order valence-electron chi connectivity index (χ0n) is 12.8. The Balaban J connectivity index is 1.79. The molecule has 3 aromatic rings. The fourth-order valence-electron chi connectivity index (χ4n) is 2.32. The Kier molecular flexibility index (Phi) is 4.10. The van der Waals surface area contributed by atoms with Crippen LogP contribution < -0.4 is 10.1 Å². The smallest absolute Gasteiger partial charge is 0.130 e. The molecule has 2 nitrogen and oxygen atoms in total. The average Bonchev–Trinajstić information content (AvgIpc) is 2.53. The van der Waals surface area contributed by atoms with Gasteiger partial charge >= 0.3 is 0 Å². The number of ether oxygens (including phenoxy) is 1. The summed E-state index contributed by atoms with van der Waals surface area (Å²) in [6, 6.07) is 24.3. The van der Waals surface area contributed by atoms with E-state index in [0.717, 1.165) is 34.0 Å². The van der Waals surface area contributed by atoms with Gasteiger partial charge in [0.15, 0.2) is 0 Å². The lowest BCUT2D eigenvalue weighted by Crippen LogP contribution is -1.93. The molecule has 0 aliphatic heterocycles. The lowest BCUT2D eigenvalue weighted by atomic mass is 10.2. The van der Waals surface area contributed by atoms with E-state index in [2.05, 4.69) is 31.3 Å². The molecule has 0 aliphatic carbocycles. The van der Waals surface area contributed by atoms with Gasteiger partial charge in [-0.05, 0) is 61.4 Å². The number of hydrogen-bond donors (Lipinski definition) is 1. The van der Waals surface area contributed by atoms with Crippen LogP contribution in [0.3, 0.4) is 0 Å². The molecule has 0 fully saturated rings. The van der Waals surface area contributed by atoms with E-state index in [-0.39, 0.29) is 0 Å². The van der Waals surface area contributed by atoms with Gasteiger partial charge in [-0.2, -0.15) is 0 Å². The molecule has 0 atom stereocenters. The maximum atomic E-state index is 6.02. The highest BCUT2D eigenvalue weighted by Gasteiger charge is 2.05. The molecule has 0 bridgehead atoms. The van der Waals surface area contributed by atoms with Crippen molar-refractivity contribution in [2.45, 2.75) is 13.8 Å². The SMILES string of the molecule is Cc1ccccc1Oc1ccc(Nc2ccccc2)cc1C. The third kappa shape index (κ3) is 3.29. The lowest BCUT2D eigenvalue weighted by Gasteiger charge is -2.13. The Labute approximate surface area is 131 Å². The Morgan fingerprint density at radius 2 is 1.32 bits per heavy atom. The molecule has 1 N–H and O–H groups in total. The van der Waals surface area contributed by atoms with E-state index < -0.39 is 0 Å². The predicted octanol–water partition coefficient (Wildman–Crippen LogP) is 5.84. The van der Waals surface area contributed by atoms with Crippen molar-refractivity contribution in [2.75, 3.05) is 5.32 Å². The fourth-order valence-corrected chi connectivity index (χ4v) is 2.32. The molecular weight excluding hydrogens is 270 g/mol. The van der Waals surface area contributed by atoms with Gasteiger partial charge in [0.1, 0.15) is 11.5 Å². The molecule has 22 heavy (non-hydrogen) atoms. The molecule has 3 aromatic carbocycles. The highest BCUT2D eigenvalue weighted by Crippen LogP contribution is 2.30. The Morgan fingerprint density at radius 1 is 0.636 bits per heavy atom. The monoisotopic (exact) mass is 289 g/mol. The van der Waals surface area contributed by atoms with E-state index in [1.54, 1.807) is 0 Å². The first kappa shape index (κ1) is 14.2. The molecule has 0 spiro atoms. The second-order valence-electron chi connectivity index (χ2n) is 5.34. The Hall–Kier alpha value is -2.74. The molecule has 110 valence electrons. The minimum Gasteiger partial charge on any atom is -0.457 e. The first-order valence-electron chi connectivity index (χ1n) is 7.38. The Bertz CT molecular complexity index is 766. The number of anilines is 2. The topological polar surface area (TPSA) is 21.3 Å². The first-order valence-corrected chi connectivity index (χ1v) is 7.38. The summed E-state index contributed by atoms with van der Waals surface area (Å²) in [5.41, 5.74) is 4.37. The van der Waals surface area contributed by atoms with E-state index in [1.165, 1.54) is 0 Å². The molecule has 3 rings (SSSR count). The van der Waals surface area contributed by atoms with E-state index in [1.807, 2.05) is 60.7 Å². The molecule has 0 radical (unpaired) electrons. The van der Waals surface area contributed by atoms with E-state index in [0.29, 0.717) is 0 Å². The van der Waals surface area contributed by atoms with Crippen molar-refractivity contribution in [1.29, 1.82) is 0 Å². The molecule has 0 saturated heterocycles. The maximum Gasteiger partial charge on any atom is 0.130 e. The standard InChI is InChI=1S/C20H19NO/c1-15-8-6-7-11-19(15)22-20-13-12-18(14-16(20)2)21-17-9-4-3-5-10-17/h3-14,21H,1-2H3. The summed E-state index contributed by atoms with van der Waals surface area (Å²) >= 11 is 0. The minimum absolute atomic E-state index is 0.882. The van der Waals surface area contributed by atoms with E-state index in [9.17, 15) is 0 Å². The second-order valence-corrected chi connectivity index (χ2v) is 5.34. The van der Waals surface area contributed by atoms with Crippen molar-refractivity contribution < 1.29 is 4.74 Å². The summed E-state index contributed by atoms with van der Waals surface area (Å²) in [5, 5.41) is 3.39. The molecule has 2 heteroatoms. The van der Waals surface area contributed by atoms with Crippen LogP contribution in [0.1, 0.15) is 11.1 Å². The molecule has 0 heterocycles. The summed E-state index contributed by atoms with van der Waals surface area (Å²) in [4.78, 5) is 0. The normalized spacial score (nSPS) is 10.3. The van der Waals surface area contributed by atoms with Crippen LogP contribution >= 0.6 is 0 Å². The molecule has 0 aliphatic rings. The minimum atomic E-state index is 0.882. The first-order chi connectivity index (χ1) is 10.7. The summed E-state index contributed by atoms with van der Waals surface area (Å²) < 4.78 is 6.02. The van der Waals surface area contributed by atoms with Gasteiger partial charge in [-0.3, -0.25) is 0 Å². The third-order valence-corrected chi connectivity index (χ3v) is 3.55. The molecule has 0 aromatic heterocycles. The number of rotatable bonds is 4. The number of hydrogen-bond acceptors (Lipinski definition) is 2. The third-order valence-electron chi connectivity index (χ3n) is 3.55. The van der Waals surface area contributed by atoms with Gasteiger partial charge < -0.3 is 10.1 Å². The van der Waals surface area contributed by atoms with Crippen molar-refractivity contribution in [1.82, 2.24) is 0 Å². The van der Waals surface area contributed by atoms with Crippen LogP contribution in [-0.4, -0.2) is 0 Å². The second kappa shape index (κ2) is 6.35. The molecule has 0 saturated carbocycles. The number of benzene rings is 3. The van der Waals surface area contributed by atoms with Gasteiger partial charge in [0.2, 0.25) is 0 Å². The van der Waals surface area contributed by atoms with Gasteiger partial charge in [-0.1, -0.05) is 36.4 Å². The number of nitrogens with one attached hydrogen (secondary N) is 1. The van der Waals surface area contributed by atoms with Crippen molar-refractivity contribution >= 4 is 11.4 Å².